The van der Waals surface area contributed by atoms with Gasteiger partial charge in [0.05, 0.1) is 56.6 Å². The van der Waals surface area contributed by atoms with Crippen molar-refractivity contribution in [3.05, 3.63) is 168 Å². The maximum atomic E-state index is 10.4. The van der Waals surface area contributed by atoms with Crippen LogP contribution in [0.4, 0.5) is 0 Å². The number of hydrogen-bond acceptors (Lipinski definition) is 3. The largest absolute Gasteiger partial charge is 0.309 e. The van der Waals surface area contributed by atoms with Gasteiger partial charge in [0.15, 0.2) is 0 Å². The van der Waals surface area contributed by atoms with Crippen molar-refractivity contribution in [1.82, 2.24) is 9.13 Å². The Hall–Kier alpha value is -7.39. The summed E-state index contributed by atoms with van der Waals surface area (Å²) in [5.41, 5.74) is 11.1. The Morgan fingerprint density at radius 2 is 0.960 bits per heavy atom. The molecular formula is C45H25N5. The molecule has 50 heavy (non-hydrogen) atoms. The van der Waals surface area contributed by atoms with Gasteiger partial charge in [-0.25, -0.2) is 0 Å². The molecule has 0 saturated heterocycles. The van der Waals surface area contributed by atoms with Gasteiger partial charge < -0.3 is 9.13 Å². The molecule has 7 aromatic carbocycles. The third-order valence-corrected chi connectivity index (χ3v) is 9.65. The molecule has 0 spiro atoms. The molecule has 2 heterocycles. The maximum absolute atomic E-state index is 10.4. The summed E-state index contributed by atoms with van der Waals surface area (Å²) in [6.45, 7) is 0. The predicted molar refractivity (Wildman–Crippen MR) is 200 cm³/mol. The van der Waals surface area contributed by atoms with Crippen LogP contribution in [0, 0.1) is 34.0 Å². The molecule has 0 atom stereocenters. The average Bonchev–Trinajstić information content (AvgIpc) is 3.70. The first-order chi connectivity index (χ1) is 24.7. The normalized spacial score (nSPS) is 11.1. The van der Waals surface area contributed by atoms with Crippen LogP contribution in [0.5, 0.6) is 0 Å². The van der Waals surface area contributed by atoms with Gasteiger partial charge in [0.1, 0.15) is 6.07 Å². The van der Waals surface area contributed by atoms with Gasteiger partial charge in [0, 0.05) is 38.4 Å². The minimum Gasteiger partial charge on any atom is -0.309 e. The van der Waals surface area contributed by atoms with Crippen molar-refractivity contribution in [2.75, 3.05) is 0 Å². The van der Waals surface area contributed by atoms with Gasteiger partial charge in [-0.15, -0.1) is 0 Å². The van der Waals surface area contributed by atoms with Crippen molar-refractivity contribution in [2.24, 2.45) is 0 Å². The molecule has 5 heteroatoms. The molecule has 230 valence electrons. The number of para-hydroxylation sites is 4. The van der Waals surface area contributed by atoms with Crippen molar-refractivity contribution in [1.29, 1.82) is 15.8 Å². The van der Waals surface area contributed by atoms with Gasteiger partial charge in [0.25, 0.3) is 0 Å². The molecular weight excluding hydrogens is 611 g/mol. The van der Waals surface area contributed by atoms with Crippen molar-refractivity contribution in [3.8, 4) is 51.8 Å². The highest BCUT2D eigenvalue weighted by Gasteiger charge is 2.21. The monoisotopic (exact) mass is 635 g/mol. The second kappa shape index (κ2) is 11.4. The number of rotatable bonds is 4. The molecule has 0 aliphatic carbocycles. The Labute approximate surface area is 287 Å². The maximum Gasteiger partial charge on any atom is 0.101 e. The molecule has 0 N–H and O–H groups in total. The lowest BCUT2D eigenvalue weighted by atomic mass is 9.92. The second-order valence-corrected chi connectivity index (χ2v) is 12.3. The smallest absolute Gasteiger partial charge is 0.101 e. The summed E-state index contributed by atoms with van der Waals surface area (Å²) in [5.74, 6) is 0. The standard InChI is InChI=1S/C45H25N5/c46-26-29-16-23-44-40(24-29)37-11-3-4-13-41(37)49(44)34-21-19-30(20-22-34)31-17-18-32(27-47)39(25-31)38-12-7-8-33(28-48)45(38)50-42-14-5-1-9-35(42)36-10-2-6-15-43(36)50/h1-25H. The lowest BCUT2D eigenvalue weighted by molar-refractivity contribution is 1.17. The summed E-state index contributed by atoms with van der Waals surface area (Å²) in [7, 11) is 0. The van der Waals surface area contributed by atoms with Gasteiger partial charge in [0.2, 0.25) is 0 Å². The summed E-state index contributed by atoms with van der Waals surface area (Å²) < 4.78 is 4.39. The third kappa shape index (κ3) is 4.31. The first kappa shape index (κ1) is 28.8. The van der Waals surface area contributed by atoms with Crippen molar-refractivity contribution >= 4 is 43.6 Å². The molecule has 0 amide bonds. The number of benzene rings is 7. The average molecular weight is 636 g/mol. The summed E-state index contributed by atoms with van der Waals surface area (Å²) >= 11 is 0. The van der Waals surface area contributed by atoms with Crippen LogP contribution in [0.1, 0.15) is 16.7 Å². The summed E-state index contributed by atoms with van der Waals surface area (Å²) in [4.78, 5) is 0. The van der Waals surface area contributed by atoms with E-state index in [2.05, 4.69) is 94.1 Å². The SMILES string of the molecule is N#Cc1ccc2c(c1)c1ccccc1n2-c1ccc(-c2ccc(C#N)c(-c3cccc(C#N)c3-n3c4ccccc4c4ccccc43)c2)cc1. The molecule has 0 bridgehead atoms. The minimum atomic E-state index is 0.528. The van der Waals surface area contributed by atoms with Gasteiger partial charge in [-0.05, 0) is 77.9 Å². The van der Waals surface area contributed by atoms with Gasteiger partial charge in [-0.2, -0.15) is 15.8 Å². The van der Waals surface area contributed by atoms with E-state index in [1.165, 1.54) is 0 Å². The highest BCUT2D eigenvalue weighted by molar-refractivity contribution is 6.11. The number of fused-ring (bicyclic) bond motifs is 6. The highest BCUT2D eigenvalue weighted by atomic mass is 15.0. The Morgan fingerprint density at radius 3 is 1.60 bits per heavy atom. The molecule has 0 aliphatic heterocycles. The summed E-state index contributed by atoms with van der Waals surface area (Å²) in [6.07, 6.45) is 0. The van der Waals surface area contributed by atoms with Gasteiger partial charge in [-0.3, -0.25) is 0 Å². The van der Waals surface area contributed by atoms with Crippen molar-refractivity contribution < 1.29 is 0 Å². The molecule has 0 radical (unpaired) electrons. The first-order valence-corrected chi connectivity index (χ1v) is 16.3. The van der Waals surface area contributed by atoms with Crippen LogP contribution >= 0.6 is 0 Å². The summed E-state index contributed by atoms with van der Waals surface area (Å²) in [6, 6.07) is 57.7. The molecule has 2 aromatic heterocycles. The Bertz CT molecular complexity index is 2900. The number of hydrogen-bond donors (Lipinski definition) is 0. The molecule has 5 nitrogen and oxygen atoms in total. The predicted octanol–water partition coefficient (Wildman–Crippen LogP) is 10.8. The Kier molecular flexibility index (Phi) is 6.56. The molecule has 9 rings (SSSR count). The topological polar surface area (TPSA) is 81.2 Å². The van der Waals surface area contributed by atoms with Crippen molar-refractivity contribution in [2.45, 2.75) is 0 Å². The van der Waals surface area contributed by atoms with Crippen LogP contribution in [-0.4, -0.2) is 9.13 Å². The number of aromatic nitrogens is 2. The van der Waals surface area contributed by atoms with Crippen LogP contribution in [0.15, 0.2) is 152 Å². The molecule has 0 unspecified atom stereocenters. The fourth-order valence-corrected chi connectivity index (χ4v) is 7.42. The third-order valence-electron chi connectivity index (χ3n) is 9.65. The molecule has 0 aliphatic rings. The first-order valence-electron chi connectivity index (χ1n) is 16.3. The zero-order valence-electron chi connectivity index (χ0n) is 26.7. The van der Waals surface area contributed by atoms with Crippen molar-refractivity contribution in [3.63, 3.8) is 0 Å². The van der Waals surface area contributed by atoms with E-state index in [1.807, 2.05) is 84.9 Å². The molecule has 0 saturated carbocycles. The van der Waals surface area contributed by atoms with Crippen LogP contribution in [0.3, 0.4) is 0 Å². The van der Waals surface area contributed by atoms with Gasteiger partial charge in [-0.1, -0.05) is 84.9 Å². The second-order valence-electron chi connectivity index (χ2n) is 12.3. The lowest BCUT2D eigenvalue weighted by Gasteiger charge is -2.17. The van der Waals surface area contributed by atoms with Crippen LogP contribution in [0.25, 0.3) is 77.2 Å². The van der Waals surface area contributed by atoms with E-state index in [4.69, 9.17) is 0 Å². The van der Waals surface area contributed by atoms with E-state index >= 15 is 0 Å². The van der Waals surface area contributed by atoms with E-state index in [9.17, 15) is 15.8 Å². The Morgan fingerprint density at radius 1 is 0.380 bits per heavy atom. The molecule has 9 aromatic rings. The van der Waals surface area contributed by atoms with E-state index in [0.717, 1.165) is 77.2 Å². The lowest BCUT2D eigenvalue weighted by Crippen LogP contribution is -2.02. The van der Waals surface area contributed by atoms with Gasteiger partial charge >= 0.3 is 0 Å². The van der Waals surface area contributed by atoms with E-state index in [1.54, 1.807) is 0 Å². The molecule has 0 fully saturated rings. The van der Waals surface area contributed by atoms with E-state index in [0.29, 0.717) is 16.7 Å². The van der Waals surface area contributed by atoms with Crippen LogP contribution < -0.4 is 0 Å². The Balaban J connectivity index is 1.21. The number of nitrogens with zero attached hydrogens (tertiary/aromatic N) is 5. The van der Waals surface area contributed by atoms with Crippen LogP contribution in [-0.2, 0) is 0 Å². The van der Waals surface area contributed by atoms with E-state index in [-0.39, 0.29) is 0 Å². The highest BCUT2D eigenvalue weighted by Crippen LogP contribution is 2.40. The minimum absolute atomic E-state index is 0.528. The fourth-order valence-electron chi connectivity index (χ4n) is 7.42. The zero-order chi connectivity index (χ0) is 33.8. The number of nitriles is 3. The quantitative estimate of drug-likeness (QED) is 0.193. The van der Waals surface area contributed by atoms with Crippen LogP contribution in [0.2, 0.25) is 0 Å². The zero-order valence-corrected chi connectivity index (χ0v) is 26.7. The summed E-state index contributed by atoms with van der Waals surface area (Å²) in [5, 5.41) is 34.6. The van der Waals surface area contributed by atoms with E-state index < -0.39 is 0 Å². The fraction of sp³-hybridized carbons (Fsp3) is 0.